The van der Waals surface area contributed by atoms with E-state index in [2.05, 4.69) is 15.9 Å². The van der Waals surface area contributed by atoms with E-state index in [0.29, 0.717) is 18.4 Å². The second kappa shape index (κ2) is 6.51. The summed E-state index contributed by atoms with van der Waals surface area (Å²) in [5.41, 5.74) is 0.743. The molecule has 0 aromatic heterocycles. The second-order valence-corrected chi connectivity index (χ2v) is 4.91. The van der Waals surface area contributed by atoms with E-state index in [0.717, 1.165) is 6.42 Å². The molecule has 0 saturated heterocycles. The molecule has 0 fully saturated rings. The summed E-state index contributed by atoms with van der Waals surface area (Å²) in [6, 6.07) is 6.18. The van der Waals surface area contributed by atoms with Crippen molar-refractivity contribution in [3.63, 3.8) is 0 Å². The standard InChI is InChI=1S/C13H13BrFNO/c1-2-3-13(17)11(14)7-10-5-4-9(8-16)6-12(10)15/h4-6,11H,2-3,7H2,1H3. The Morgan fingerprint density at radius 2 is 2.29 bits per heavy atom. The minimum Gasteiger partial charge on any atom is -0.298 e. The molecular formula is C13H13BrFNO. The zero-order valence-corrected chi connectivity index (χ0v) is 11.1. The van der Waals surface area contributed by atoms with Crippen molar-refractivity contribution < 1.29 is 9.18 Å². The van der Waals surface area contributed by atoms with Gasteiger partial charge in [0.1, 0.15) is 11.6 Å². The lowest BCUT2D eigenvalue weighted by Gasteiger charge is -2.09. The van der Waals surface area contributed by atoms with Crippen LogP contribution < -0.4 is 0 Å². The fourth-order valence-corrected chi connectivity index (χ4v) is 2.07. The van der Waals surface area contributed by atoms with Gasteiger partial charge in [-0.2, -0.15) is 5.26 Å². The molecule has 1 unspecified atom stereocenters. The van der Waals surface area contributed by atoms with Crippen LogP contribution >= 0.6 is 15.9 Å². The van der Waals surface area contributed by atoms with Crippen LogP contribution in [0.25, 0.3) is 0 Å². The Balaban J connectivity index is 2.75. The number of Topliss-reactive ketones (excluding diaryl/α,β-unsaturated/α-hetero) is 1. The molecule has 1 atom stereocenters. The van der Waals surface area contributed by atoms with Gasteiger partial charge >= 0.3 is 0 Å². The molecule has 0 aliphatic heterocycles. The van der Waals surface area contributed by atoms with E-state index < -0.39 is 5.82 Å². The van der Waals surface area contributed by atoms with E-state index in [1.165, 1.54) is 6.07 Å². The van der Waals surface area contributed by atoms with Crippen LogP contribution in [0.1, 0.15) is 30.9 Å². The molecule has 90 valence electrons. The fraction of sp³-hybridized carbons (Fsp3) is 0.385. The number of carbonyl (C=O) groups excluding carboxylic acids is 1. The Morgan fingerprint density at radius 1 is 1.59 bits per heavy atom. The van der Waals surface area contributed by atoms with Crippen LogP contribution in [0, 0.1) is 17.1 Å². The summed E-state index contributed by atoms with van der Waals surface area (Å²) in [5.74, 6) is -0.353. The molecule has 1 aromatic rings. The molecule has 0 saturated carbocycles. The van der Waals surface area contributed by atoms with Crippen molar-refractivity contribution in [3.8, 4) is 6.07 Å². The predicted octanol–water partition coefficient (Wildman–Crippen LogP) is 3.37. The Labute approximate surface area is 109 Å². The van der Waals surface area contributed by atoms with Crippen molar-refractivity contribution in [2.45, 2.75) is 31.0 Å². The number of alkyl halides is 1. The van der Waals surface area contributed by atoms with E-state index in [1.54, 1.807) is 12.1 Å². The van der Waals surface area contributed by atoms with Gasteiger partial charge in [-0.3, -0.25) is 4.79 Å². The highest BCUT2D eigenvalue weighted by molar-refractivity contribution is 9.10. The van der Waals surface area contributed by atoms with Gasteiger partial charge in [0.15, 0.2) is 0 Å². The average molecular weight is 298 g/mol. The highest BCUT2D eigenvalue weighted by Gasteiger charge is 2.16. The third-order valence-corrected chi connectivity index (χ3v) is 3.26. The molecule has 0 radical (unpaired) electrons. The number of halogens is 2. The number of rotatable bonds is 5. The number of carbonyl (C=O) groups is 1. The van der Waals surface area contributed by atoms with Gasteiger partial charge in [0.2, 0.25) is 0 Å². The summed E-state index contributed by atoms with van der Waals surface area (Å²) < 4.78 is 13.6. The molecular weight excluding hydrogens is 285 g/mol. The first-order valence-electron chi connectivity index (χ1n) is 5.43. The minimum atomic E-state index is -0.433. The van der Waals surface area contributed by atoms with E-state index in [-0.39, 0.29) is 16.2 Å². The van der Waals surface area contributed by atoms with Gasteiger partial charge in [-0.25, -0.2) is 4.39 Å². The van der Waals surface area contributed by atoms with Gasteiger partial charge < -0.3 is 0 Å². The molecule has 1 aromatic carbocycles. The molecule has 0 spiro atoms. The summed E-state index contributed by atoms with van der Waals surface area (Å²) in [6.07, 6.45) is 1.60. The highest BCUT2D eigenvalue weighted by Crippen LogP contribution is 2.17. The summed E-state index contributed by atoms with van der Waals surface area (Å²) in [4.78, 5) is 11.2. The number of ketones is 1. The first-order valence-corrected chi connectivity index (χ1v) is 6.35. The van der Waals surface area contributed by atoms with Crippen molar-refractivity contribution in [2.75, 3.05) is 0 Å². The first kappa shape index (κ1) is 13.9. The monoisotopic (exact) mass is 297 g/mol. The number of hydrogen-bond donors (Lipinski definition) is 0. The summed E-state index contributed by atoms with van der Waals surface area (Å²) in [7, 11) is 0. The average Bonchev–Trinajstić information content (AvgIpc) is 2.31. The van der Waals surface area contributed by atoms with E-state index >= 15 is 0 Å². The van der Waals surface area contributed by atoms with Crippen LogP contribution in [0.4, 0.5) is 4.39 Å². The lowest BCUT2D eigenvalue weighted by atomic mass is 10.0. The Morgan fingerprint density at radius 3 is 2.82 bits per heavy atom. The lowest BCUT2D eigenvalue weighted by molar-refractivity contribution is -0.118. The molecule has 0 N–H and O–H groups in total. The van der Waals surface area contributed by atoms with Crippen molar-refractivity contribution in [2.24, 2.45) is 0 Å². The van der Waals surface area contributed by atoms with Crippen molar-refractivity contribution in [3.05, 3.63) is 35.1 Å². The van der Waals surface area contributed by atoms with Gasteiger partial charge in [-0.1, -0.05) is 28.9 Å². The van der Waals surface area contributed by atoms with Crippen LogP contribution in [-0.2, 0) is 11.2 Å². The minimum absolute atomic E-state index is 0.0799. The SMILES string of the molecule is CCCC(=O)C(Br)Cc1ccc(C#N)cc1F. The molecule has 4 heteroatoms. The van der Waals surface area contributed by atoms with Crippen LogP contribution in [0.15, 0.2) is 18.2 Å². The molecule has 17 heavy (non-hydrogen) atoms. The largest absolute Gasteiger partial charge is 0.298 e. The Bertz CT molecular complexity index is 453. The molecule has 0 amide bonds. The van der Waals surface area contributed by atoms with Crippen LogP contribution in [-0.4, -0.2) is 10.6 Å². The molecule has 0 heterocycles. The third kappa shape index (κ3) is 3.94. The maximum absolute atomic E-state index is 13.6. The maximum Gasteiger partial charge on any atom is 0.146 e. The van der Waals surface area contributed by atoms with Crippen LogP contribution in [0.5, 0.6) is 0 Å². The maximum atomic E-state index is 13.6. The second-order valence-electron chi connectivity index (χ2n) is 3.81. The summed E-state index contributed by atoms with van der Waals surface area (Å²) in [5, 5.41) is 8.61. The number of nitrogens with zero attached hydrogens (tertiary/aromatic N) is 1. The van der Waals surface area contributed by atoms with E-state index in [9.17, 15) is 9.18 Å². The Kier molecular flexibility index (Phi) is 5.30. The molecule has 2 nitrogen and oxygen atoms in total. The van der Waals surface area contributed by atoms with Crippen LogP contribution in [0.3, 0.4) is 0 Å². The predicted molar refractivity (Wildman–Crippen MR) is 67.4 cm³/mol. The normalized spacial score (nSPS) is 11.9. The first-order chi connectivity index (χ1) is 8.08. The van der Waals surface area contributed by atoms with Gasteiger partial charge in [0.25, 0.3) is 0 Å². The summed E-state index contributed by atoms with van der Waals surface area (Å²) >= 11 is 3.27. The van der Waals surface area contributed by atoms with E-state index in [4.69, 9.17) is 5.26 Å². The topological polar surface area (TPSA) is 40.9 Å². The van der Waals surface area contributed by atoms with Crippen molar-refractivity contribution >= 4 is 21.7 Å². The molecule has 1 rings (SSSR count). The number of hydrogen-bond acceptors (Lipinski definition) is 2. The number of nitriles is 1. The summed E-state index contributed by atoms with van der Waals surface area (Å²) in [6.45, 7) is 1.93. The molecule has 0 bridgehead atoms. The number of benzene rings is 1. The van der Waals surface area contributed by atoms with Crippen LogP contribution in [0.2, 0.25) is 0 Å². The lowest BCUT2D eigenvalue weighted by Crippen LogP contribution is -2.16. The molecule has 0 aliphatic rings. The smallest absolute Gasteiger partial charge is 0.146 e. The fourth-order valence-electron chi connectivity index (χ4n) is 1.49. The van der Waals surface area contributed by atoms with Gasteiger partial charge in [0.05, 0.1) is 16.5 Å². The molecule has 0 aliphatic carbocycles. The highest BCUT2D eigenvalue weighted by atomic mass is 79.9. The van der Waals surface area contributed by atoms with Gasteiger partial charge in [-0.15, -0.1) is 0 Å². The zero-order valence-electron chi connectivity index (χ0n) is 9.54. The van der Waals surface area contributed by atoms with Crippen molar-refractivity contribution in [1.29, 1.82) is 5.26 Å². The van der Waals surface area contributed by atoms with Crippen molar-refractivity contribution in [1.82, 2.24) is 0 Å². The zero-order chi connectivity index (χ0) is 12.8. The third-order valence-electron chi connectivity index (χ3n) is 2.43. The van der Waals surface area contributed by atoms with E-state index in [1.807, 2.05) is 13.0 Å². The quantitative estimate of drug-likeness (QED) is 0.782. The van der Waals surface area contributed by atoms with Gasteiger partial charge in [-0.05, 0) is 30.5 Å². The Hall–Kier alpha value is -1.21. The van der Waals surface area contributed by atoms with Gasteiger partial charge in [0, 0.05) is 6.42 Å².